The van der Waals surface area contributed by atoms with Crippen molar-refractivity contribution >= 4 is 31.9 Å². The van der Waals surface area contributed by atoms with Gasteiger partial charge >= 0.3 is 0 Å². The van der Waals surface area contributed by atoms with Crippen LogP contribution in [0.2, 0.25) is 0 Å². The predicted molar refractivity (Wildman–Crippen MR) is 133 cm³/mol. The Balaban J connectivity index is 1.53. The van der Waals surface area contributed by atoms with Crippen molar-refractivity contribution in [1.82, 2.24) is 9.62 Å². The summed E-state index contributed by atoms with van der Waals surface area (Å²) in [7, 11) is -3.83. The number of fused-ring (bicyclic) bond motifs is 1. The minimum atomic E-state index is -3.83. The average Bonchev–Trinajstić information content (AvgIpc) is 2.83. The summed E-state index contributed by atoms with van der Waals surface area (Å²) in [5.74, 6) is -0.287. The minimum absolute atomic E-state index is 0.0891. The Kier molecular flexibility index (Phi) is 7.63. The van der Waals surface area contributed by atoms with Crippen LogP contribution in [0.1, 0.15) is 35.6 Å². The molecule has 5 nitrogen and oxygen atoms in total. The summed E-state index contributed by atoms with van der Waals surface area (Å²) >= 11 is 3.35. The molecule has 0 saturated carbocycles. The maximum Gasteiger partial charge on any atom is 0.243 e. The normalized spacial score (nSPS) is 15.8. The van der Waals surface area contributed by atoms with Crippen molar-refractivity contribution < 1.29 is 13.2 Å². The Hall–Kier alpha value is -2.48. The van der Waals surface area contributed by atoms with Crippen molar-refractivity contribution in [3.05, 3.63) is 100 Å². The van der Waals surface area contributed by atoms with Crippen molar-refractivity contribution in [1.29, 1.82) is 0 Å². The Bertz CT molecular complexity index is 1200. The Morgan fingerprint density at radius 1 is 0.970 bits per heavy atom. The lowest BCUT2D eigenvalue weighted by Gasteiger charge is -2.28. The number of aryl methyl sites for hydroxylation is 1. The molecule has 1 N–H and O–H groups in total. The fraction of sp³-hybridized carbons (Fsp3) is 0.269. The van der Waals surface area contributed by atoms with Gasteiger partial charge < -0.3 is 5.32 Å². The topological polar surface area (TPSA) is 66.5 Å². The Labute approximate surface area is 204 Å². The third-order valence-corrected chi connectivity index (χ3v) is 8.36. The molecule has 4 rings (SSSR count). The number of carbonyl (C=O) groups excluding carboxylic acids is 1. The molecule has 0 aliphatic heterocycles. The molecule has 0 aromatic heterocycles. The van der Waals surface area contributed by atoms with Gasteiger partial charge in [-0.25, -0.2) is 8.42 Å². The summed E-state index contributed by atoms with van der Waals surface area (Å²) in [5.41, 5.74) is 3.40. The van der Waals surface area contributed by atoms with E-state index in [1.807, 2.05) is 48.5 Å². The maximum absolute atomic E-state index is 13.4. The molecular weight excluding hydrogens is 500 g/mol. The lowest BCUT2D eigenvalue weighted by atomic mass is 9.88. The molecule has 0 spiro atoms. The smallest absolute Gasteiger partial charge is 0.243 e. The van der Waals surface area contributed by atoms with Gasteiger partial charge in [-0.1, -0.05) is 70.5 Å². The molecule has 3 aromatic rings. The number of nitrogens with one attached hydrogen (secondary N) is 1. The highest BCUT2D eigenvalue weighted by molar-refractivity contribution is 9.10. The van der Waals surface area contributed by atoms with Gasteiger partial charge in [0.15, 0.2) is 0 Å². The summed E-state index contributed by atoms with van der Waals surface area (Å²) in [5, 5.41) is 3.08. The zero-order chi connectivity index (χ0) is 23.3. The van der Waals surface area contributed by atoms with Crippen LogP contribution in [0, 0.1) is 0 Å². The van der Waals surface area contributed by atoms with E-state index in [1.54, 1.807) is 24.3 Å². The third kappa shape index (κ3) is 5.91. The van der Waals surface area contributed by atoms with Crippen LogP contribution < -0.4 is 5.32 Å². The molecule has 1 atom stereocenters. The fourth-order valence-electron chi connectivity index (χ4n) is 4.24. The summed E-state index contributed by atoms with van der Waals surface area (Å²) in [4.78, 5) is 13.2. The highest BCUT2D eigenvalue weighted by Crippen LogP contribution is 2.29. The second-order valence-electron chi connectivity index (χ2n) is 8.24. The number of rotatable bonds is 8. The van der Waals surface area contributed by atoms with E-state index in [0.717, 1.165) is 34.9 Å². The van der Waals surface area contributed by atoms with Crippen LogP contribution in [0.15, 0.2) is 88.2 Å². The summed E-state index contributed by atoms with van der Waals surface area (Å²) < 4.78 is 28.9. The Morgan fingerprint density at radius 3 is 2.42 bits per heavy atom. The van der Waals surface area contributed by atoms with E-state index in [-0.39, 0.29) is 29.9 Å². The van der Waals surface area contributed by atoms with Crippen molar-refractivity contribution in [2.24, 2.45) is 0 Å². The van der Waals surface area contributed by atoms with Gasteiger partial charge in [-0.3, -0.25) is 4.79 Å². The van der Waals surface area contributed by atoms with Gasteiger partial charge in [0.2, 0.25) is 15.9 Å². The van der Waals surface area contributed by atoms with E-state index in [0.29, 0.717) is 6.42 Å². The van der Waals surface area contributed by atoms with Crippen molar-refractivity contribution in [3.8, 4) is 0 Å². The van der Waals surface area contributed by atoms with Crippen LogP contribution >= 0.6 is 15.9 Å². The second kappa shape index (κ2) is 10.6. The quantitative estimate of drug-likeness (QED) is 0.455. The van der Waals surface area contributed by atoms with Gasteiger partial charge in [-0.2, -0.15) is 4.31 Å². The van der Waals surface area contributed by atoms with Crippen LogP contribution in [0.4, 0.5) is 0 Å². The molecule has 1 aliphatic rings. The number of hydrogen-bond acceptors (Lipinski definition) is 3. The number of hydrogen-bond donors (Lipinski definition) is 1. The first-order valence-electron chi connectivity index (χ1n) is 11.1. The van der Waals surface area contributed by atoms with Crippen LogP contribution in [-0.2, 0) is 27.7 Å². The number of carbonyl (C=O) groups is 1. The predicted octanol–water partition coefficient (Wildman–Crippen LogP) is 4.88. The highest BCUT2D eigenvalue weighted by atomic mass is 79.9. The number of sulfonamides is 1. The number of amides is 1. The van der Waals surface area contributed by atoms with E-state index in [4.69, 9.17) is 0 Å². The molecule has 0 fully saturated rings. The molecule has 33 heavy (non-hydrogen) atoms. The van der Waals surface area contributed by atoms with Gasteiger partial charge in [-0.15, -0.1) is 0 Å². The summed E-state index contributed by atoms with van der Waals surface area (Å²) in [6, 6.07) is 24.3. The van der Waals surface area contributed by atoms with Gasteiger partial charge in [-0.05, 0) is 66.6 Å². The highest BCUT2D eigenvalue weighted by Gasteiger charge is 2.28. The van der Waals surface area contributed by atoms with Crippen LogP contribution in [0.5, 0.6) is 0 Å². The third-order valence-electron chi connectivity index (χ3n) is 5.97. The zero-order valence-electron chi connectivity index (χ0n) is 18.3. The van der Waals surface area contributed by atoms with Crippen LogP contribution in [0.25, 0.3) is 0 Å². The van der Waals surface area contributed by atoms with Crippen LogP contribution in [-0.4, -0.2) is 31.7 Å². The lowest BCUT2D eigenvalue weighted by Crippen LogP contribution is -2.43. The first kappa shape index (κ1) is 23.7. The zero-order valence-corrected chi connectivity index (χ0v) is 20.7. The Morgan fingerprint density at radius 2 is 1.67 bits per heavy atom. The fourth-order valence-corrected chi connectivity index (χ4v) is 5.90. The van der Waals surface area contributed by atoms with Gasteiger partial charge in [0.05, 0.1) is 17.5 Å². The molecular formula is C26H27BrN2O3S. The monoisotopic (exact) mass is 526 g/mol. The summed E-state index contributed by atoms with van der Waals surface area (Å²) in [6.45, 7) is 0.000974. The van der Waals surface area contributed by atoms with Crippen molar-refractivity contribution in [2.45, 2.75) is 36.6 Å². The maximum atomic E-state index is 13.4. The van der Waals surface area contributed by atoms with Gasteiger partial charge in [0.25, 0.3) is 0 Å². The molecule has 0 radical (unpaired) electrons. The number of halogens is 1. The van der Waals surface area contributed by atoms with E-state index in [1.165, 1.54) is 9.87 Å². The first-order chi connectivity index (χ1) is 15.9. The molecule has 172 valence electrons. The van der Waals surface area contributed by atoms with Crippen molar-refractivity contribution in [3.63, 3.8) is 0 Å². The molecule has 0 bridgehead atoms. The van der Waals surface area contributed by atoms with Gasteiger partial charge in [0, 0.05) is 11.0 Å². The van der Waals surface area contributed by atoms with Crippen LogP contribution in [0.3, 0.4) is 0 Å². The molecule has 0 heterocycles. The molecule has 1 aliphatic carbocycles. The van der Waals surface area contributed by atoms with Crippen molar-refractivity contribution in [2.75, 3.05) is 13.1 Å². The van der Waals surface area contributed by atoms with E-state index < -0.39 is 10.0 Å². The standard InChI is InChI=1S/C26H27BrN2O3S/c27-22-13-15-23(16-14-22)33(31,32)29(18-17-20-7-2-1-3-8-20)19-26(30)28-25-12-6-10-21-9-4-5-11-24(21)25/h1-5,7-9,11,13-16,25H,6,10,12,17-19H2,(H,28,30)/t25-/m0/s1. The van der Waals surface area contributed by atoms with E-state index >= 15 is 0 Å². The average molecular weight is 527 g/mol. The van der Waals surface area contributed by atoms with E-state index in [9.17, 15) is 13.2 Å². The number of benzene rings is 3. The molecule has 1 amide bonds. The number of nitrogens with zero attached hydrogens (tertiary/aromatic N) is 1. The SMILES string of the molecule is O=C(CN(CCc1ccccc1)S(=O)(=O)c1ccc(Br)cc1)N[C@H]1CCCc2ccccc21. The largest absolute Gasteiger partial charge is 0.348 e. The lowest BCUT2D eigenvalue weighted by molar-refractivity contribution is -0.122. The first-order valence-corrected chi connectivity index (χ1v) is 13.3. The molecule has 0 saturated heterocycles. The molecule has 7 heteroatoms. The summed E-state index contributed by atoms with van der Waals surface area (Å²) in [6.07, 6.45) is 3.38. The molecule has 3 aromatic carbocycles. The minimum Gasteiger partial charge on any atom is -0.348 e. The molecule has 0 unspecified atom stereocenters. The second-order valence-corrected chi connectivity index (χ2v) is 11.1. The van der Waals surface area contributed by atoms with Gasteiger partial charge in [0.1, 0.15) is 0 Å². The van der Waals surface area contributed by atoms with E-state index in [2.05, 4.69) is 27.3 Å².